The van der Waals surface area contributed by atoms with E-state index in [0.717, 1.165) is 4.70 Å². The van der Waals surface area contributed by atoms with Crippen LogP contribution in [0.3, 0.4) is 0 Å². The summed E-state index contributed by atoms with van der Waals surface area (Å²) in [5, 5.41) is 22.2. The fourth-order valence-electron chi connectivity index (χ4n) is 4.56. The number of nitrogens with zero attached hydrogens (tertiary/aromatic N) is 2. The largest absolute Gasteiger partial charge is 0.504 e. The molecule has 1 unspecified atom stereocenters. The molecule has 3 aromatic carbocycles. The van der Waals surface area contributed by atoms with Gasteiger partial charge < -0.3 is 24.1 Å². The molecular weight excluding hydrogens is 508 g/mol. The minimum Gasteiger partial charge on any atom is -0.504 e. The number of rotatable bonds is 6. The number of hydrogen-bond donors (Lipinski definition) is 2. The van der Waals surface area contributed by atoms with Crippen molar-refractivity contribution in [1.82, 2.24) is 4.98 Å². The Hall–Kier alpha value is -4.83. The normalized spacial score (nSPS) is 15.6. The lowest BCUT2D eigenvalue weighted by atomic mass is 9.95. The first-order valence-electron chi connectivity index (χ1n) is 11.5. The van der Waals surface area contributed by atoms with Crippen molar-refractivity contribution >= 4 is 49.3 Å². The maximum atomic E-state index is 13.8. The van der Waals surface area contributed by atoms with Crippen LogP contribution in [0.2, 0.25) is 0 Å². The van der Waals surface area contributed by atoms with Crippen molar-refractivity contribution in [2.75, 3.05) is 19.1 Å². The topological polar surface area (TPSA) is 122 Å². The van der Waals surface area contributed by atoms with E-state index in [1.165, 1.54) is 35.5 Å². The van der Waals surface area contributed by atoms with Gasteiger partial charge in [0, 0.05) is 5.39 Å². The number of para-hydroxylation sites is 1. The van der Waals surface area contributed by atoms with E-state index in [-0.39, 0.29) is 28.0 Å². The summed E-state index contributed by atoms with van der Waals surface area (Å²) < 4.78 is 17.1. The standard InChI is InChI=1S/C28H20N2O7S/c1-35-16-8-9-17-22(13-16)38-28(29-17)30-24(15-7-10-18(31)20(12-15)36-2)23(26(33)27(30)34)25(32)21-11-14-5-3-4-6-19(14)37-21/h3-13,24,31,33H,1-2H3. The monoisotopic (exact) mass is 528 g/mol. The fourth-order valence-corrected chi connectivity index (χ4v) is 5.58. The number of aliphatic hydroxyl groups excluding tert-OH is 1. The number of amides is 1. The van der Waals surface area contributed by atoms with E-state index in [4.69, 9.17) is 13.9 Å². The van der Waals surface area contributed by atoms with Crippen molar-refractivity contribution in [3.8, 4) is 17.2 Å². The summed E-state index contributed by atoms with van der Waals surface area (Å²) in [6.07, 6.45) is 0. The van der Waals surface area contributed by atoms with Crippen LogP contribution in [0.1, 0.15) is 22.2 Å². The number of Topliss-reactive ketones (excluding diaryl/α,β-unsaturated/α-hetero) is 1. The van der Waals surface area contributed by atoms with E-state index >= 15 is 0 Å². The summed E-state index contributed by atoms with van der Waals surface area (Å²) in [5.74, 6) is -1.50. The van der Waals surface area contributed by atoms with Crippen molar-refractivity contribution in [3.05, 3.63) is 89.4 Å². The number of ketones is 1. The molecule has 1 amide bonds. The summed E-state index contributed by atoms with van der Waals surface area (Å²) >= 11 is 1.22. The molecule has 0 radical (unpaired) electrons. The number of carbonyl (C=O) groups excluding carboxylic acids is 2. The van der Waals surface area contributed by atoms with Gasteiger partial charge in [-0.15, -0.1) is 0 Å². The molecule has 0 fully saturated rings. The number of aromatic nitrogens is 1. The van der Waals surface area contributed by atoms with Gasteiger partial charge in [0.25, 0.3) is 5.91 Å². The Balaban J connectivity index is 1.52. The van der Waals surface area contributed by atoms with E-state index in [1.807, 2.05) is 6.07 Å². The van der Waals surface area contributed by atoms with Crippen molar-refractivity contribution in [3.63, 3.8) is 0 Å². The lowest BCUT2D eigenvalue weighted by molar-refractivity contribution is -0.117. The third-order valence-electron chi connectivity index (χ3n) is 6.41. The van der Waals surface area contributed by atoms with Gasteiger partial charge in [-0.1, -0.05) is 35.6 Å². The number of fused-ring (bicyclic) bond motifs is 2. The summed E-state index contributed by atoms with van der Waals surface area (Å²) in [4.78, 5) is 33.2. The quantitative estimate of drug-likeness (QED) is 0.275. The van der Waals surface area contributed by atoms with Gasteiger partial charge in [0.15, 0.2) is 28.1 Å². The van der Waals surface area contributed by atoms with E-state index < -0.39 is 23.5 Å². The highest BCUT2D eigenvalue weighted by Gasteiger charge is 2.46. The molecule has 2 aromatic heterocycles. The van der Waals surface area contributed by atoms with Gasteiger partial charge in [0.2, 0.25) is 5.78 Å². The second-order valence-electron chi connectivity index (χ2n) is 8.58. The van der Waals surface area contributed by atoms with Gasteiger partial charge in [-0.05, 0) is 48.0 Å². The maximum Gasteiger partial charge on any atom is 0.296 e. The first-order valence-corrected chi connectivity index (χ1v) is 12.3. The van der Waals surface area contributed by atoms with Crippen LogP contribution in [-0.4, -0.2) is 41.1 Å². The summed E-state index contributed by atoms with van der Waals surface area (Å²) in [6, 6.07) is 17.4. The van der Waals surface area contributed by atoms with E-state index in [2.05, 4.69) is 4.98 Å². The second-order valence-corrected chi connectivity index (χ2v) is 9.59. The molecule has 9 nitrogen and oxygen atoms in total. The third kappa shape index (κ3) is 3.65. The molecule has 2 N–H and O–H groups in total. The van der Waals surface area contributed by atoms with Crippen molar-refractivity contribution in [2.45, 2.75) is 6.04 Å². The van der Waals surface area contributed by atoms with Crippen LogP contribution in [0.15, 0.2) is 82.5 Å². The van der Waals surface area contributed by atoms with Crippen LogP contribution < -0.4 is 14.4 Å². The summed E-state index contributed by atoms with van der Waals surface area (Å²) in [7, 11) is 2.95. The molecule has 0 saturated carbocycles. The average Bonchev–Trinajstić information content (AvgIpc) is 3.62. The zero-order valence-corrected chi connectivity index (χ0v) is 21.0. The molecule has 0 aliphatic carbocycles. The maximum absolute atomic E-state index is 13.8. The summed E-state index contributed by atoms with van der Waals surface area (Å²) in [6.45, 7) is 0. The molecule has 0 bridgehead atoms. The Bertz CT molecular complexity index is 1750. The fraction of sp³-hybridized carbons (Fsp3) is 0.107. The molecule has 0 saturated heterocycles. The molecular formula is C28H20N2O7S. The van der Waals surface area contributed by atoms with Gasteiger partial charge in [0.05, 0.1) is 36.1 Å². The van der Waals surface area contributed by atoms with Gasteiger partial charge in [-0.3, -0.25) is 14.5 Å². The van der Waals surface area contributed by atoms with Crippen LogP contribution in [0.5, 0.6) is 17.2 Å². The van der Waals surface area contributed by atoms with E-state index in [1.54, 1.807) is 55.6 Å². The zero-order valence-electron chi connectivity index (χ0n) is 20.2. The van der Waals surface area contributed by atoms with Crippen LogP contribution in [0.25, 0.3) is 21.2 Å². The van der Waals surface area contributed by atoms with Crippen LogP contribution in [0, 0.1) is 0 Å². The summed E-state index contributed by atoms with van der Waals surface area (Å²) in [5.41, 5.74) is 1.38. The Morgan fingerprint density at radius 1 is 1.03 bits per heavy atom. The third-order valence-corrected chi connectivity index (χ3v) is 7.43. The minimum absolute atomic E-state index is 0.0211. The number of anilines is 1. The highest BCUT2D eigenvalue weighted by Crippen LogP contribution is 2.46. The molecule has 38 heavy (non-hydrogen) atoms. The minimum atomic E-state index is -1.07. The number of furan rings is 1. The molecule has 3 heterocycles. The number of phenolic OH excluding ortho intramolecular Hbond substituents is 1. The number of aliphatic hydroxyl groups is 1. The highest BCUT2D eigenvalue weighted by molar-refractivity contribution is 7.22. The Morgan fingerprint density at radius 3 is 2.61 bits per heavy atom. The van der Waals surface area contributed by atoms with Crippen LogP contribution >= 0.6 is 11.3 Å². The number of methoxy groups -OCH3 is 2. The van der Waals surface area contributed by atoms with Crippen molar-refractivity contribution < 1.29 is 33.7 Å². The van der Waals surface area contributed by atoms with Crippen LogP contribution in [-0.2, 0) is 4.79 Å². The number of hydrogen-bond acceptors (Lipinski definition) is 9. The Labute approximate surface area is 219 Å². The Kier molecular flexibility index (Phi) is 5.54. The van der Waals surface area contributed by atoms with E-state index in [9.17, 15) is 19.8 Å². The number of phenols is 1. The van der Waals surface area contributed by atoms with Crippen LogP contribution in [0.4, 0.5) is 5.13 Å². The SMILES string of the molecule is COc1ccc2nc(N3C(=O)C(O)=C(C(=O)c4cc5ccccc5o4)C3c3ccc(O)c(OC)c3)sc2c1. The average molecular weight is 529 g/mol. The van der Waals surface area contributed by atoms with Gasteiger partial charge in [0.1, 0.15) is 11.3 Å². The number of benzene rings is 3. The number of carbonyl (C=O) groups is 2. The lowest BCUT2D eigenvalue weighted by Crippen LogP contribution is -2.31. The molecule has 6 rings (SSSR count). The Morgan fingerprint density at radius 2 is 1.84 bits per heavy atom. The van der Waals surface area contributed by atoms with Gasteiger partial charge in [-0.25, -0.2) is 4.98 Å². The molecule has 1 aliphatic heterocycles. The molecule has 10 heteroatoms. The smallest absolute Gasteiger partial charge is 0.296 e. The molecule has 190 valence electrons. The first kappa shape index (κ1) is 23.6. The zero-order chi connectivity index (χ0) is 26.6. The highest BCUT2D eigenvalue weighted by atomic mass is 32.1. The second kappa shape index (κ2) is 8.93. The number of thiazole rings is 1. The molecule has 1 atom stereocenters. The lowest BCUT2D eigenvalue weighted by Gasteiger charge is -2.24. The first-order chi connectivity index (χ1) is 18.4. The molecule has 1 aliphatic rings. The molecule has 0 spiro atoms. The number of ether oxygens (including phenoxy) is 2. The van der Waals surface area contributed by atoms with Gasteiger partial charge in [-0.2, -0.15) is 0 Å². The predicted octanol–water partition coefficient (Wildman–Crippen LogP) is 5.55. The van der Waals surface area contributed by atoms with Crippen molar-refractivity contribution in [1.29, 1.82) is 0 Å². The van der Waals surface area contributed by atoms with Gasteiger partial charge >= 0.3 is 0 Å². The molecule has 5 aromatic rings. The van der Waals surface area contributed by atoms with E-state index in [0.29, 0.717) is 27.8 Å². The number of aromatic hydroxyl groups is 1. The predicted molar refractivity (Wildman–Crippen MR) is 141 cm³/mol. The van der Waals surface area contributed by atoms with Crippen molar-refractivity contribution in [2.24, 2.45) is 0 Å².